The molecule has 0 aliphatic rings. The lowest BCUT2D eigenvalue weighted by Gasteiger charge is -2.18. The Morgan fingerprint density at radius 3 is 2.67 bits per heavy atom. The van der Waals surface area contributed by atoms with E-state index in [9.17, 15) is 0 Å². The second-order valence-electron chi connectivity index (χ2n) is 4.79. The SMILES string of the molecule is COC(C)CCC(Cc1ccc(C)cc1Cl)NN. The van der Waals surface area contributed by atoms with Gasteiger partial charge in [-0.25, -0.2) is 0 Å². The average Bonchev–Trinajstić information content (AvgIpc) is 2.36. The number of halogens is 1. The molecule has 0 saturated heterocycles. The Labute approximate surface area is 115 Å². The molecule has 0 spiro atoms. The van der Waals surface area contributed by atoms with Gasteiger partial charge in [-0.15, -0.1) is 0 Å². The minimum absolute atomic E-state index is 0.225. The fraction of sp³-hybridized carbons (Fsp3) is 0.571. The standard InChI is InChI=1S/C14H23ClN2O/c1-10-4-6-12(14(15)8-10)9-13(17-16)7-5-11(2)18-3/h4,6,8,11,13,17H,5,7,9,16H2,1-3H3. The molecular formula is C14H23ClN2O. The monoisotopic (exact) mass is 270 g/mol. The van der Waals surface area contributed by atoms with Crippen molar-refractivity contribution in [3.63, 3.8) is 0 Å². The summed E-state index contributed by atoms with van der Waals surface area (Å²) >= 11 is 6.23. The van der Waals surface area contributed by atoms with Crippen LogP contribution in [0.2, 0.25) is 5.02 Å². The Bertz CT molecular complexity index is 371. The highest BCUT2D eigenvalue weighted by Gasteiger charge is 2.12. The topological polar surface area (TPSA) is 47.3 Å². The maximum Gasteiger partial charge on any atom is 0.0543 e. The number of aryl methyl sites for hydroxylation is 1. The quantitative estimate of drug-likeness (QED) is 0.592. The summed E-state index contributed by atoms with van der Waals surface area (Å²) in [6, 6.07) is 6.36. The fourth-order valence-electron chi connectivity index (χ4n) is 1.88. The molecule has 4 heteroatoms. The Hall–Kier alpha value is -0.610. The average molecular weight is 271 g/mol. The Kier molecular flexibility index (Phi) is 6.65. The molecule has 0 heterocycles. The molecule has 2 atom stereocenters. The lowest BCUT2D eigenvalue weighted by Crippen LogP contribution is -2.37. The van der Waals surface area contributed by atoms with Crippen molar-refractivity contribution in [1.82, 2.24) is 5.43 Å². The van der Waals surface area contributed by atoms with Crippen LogP contribution in [-0.4, -0.2) is 19.3 Å². The number of nitrogens with one attached hydrogen (secondary N) is 1. The van der Waals surface area contributed by atoms with E-state index in [1.54, 1.807) is 7.11 Å². The van der Waals surface area contributed by atoms with Crippen LogP contribution in [0.25, 0.3) is 0 Å². The van der Waals surface area contributed by atoms with Gasteiger partial charge in [0.15, 0.2) is 0 Å². The third-order valence-corrected chi connectivity index (χ3v) is 3.59. The molecule has 18 heavy (non-hydrogen) atoms. The maximum absolute atomic E-state index is 6.23. The van der Waals surface area contributed by atoms with Gasteiger partial charge in [0.2, 0.25) is 0 Å². The zero-order chi connectivity index (χ0) is 13.5. The first-order valence-corrected chi connectivity index (χ1v) is 6.68. The van der Waals surface area contributed by atoms with Crippen molar-refractivity contribution in [3.05, 3.63) is 34.3 Å². The van der Waals surface area contributed by atoms with Crippen LogP contribution in [0.5, 0.6) is 0 Å². The van der Waals surface area contributed by atoms with E-state index < -0.39 is 0 Å². The first kappa shape index (κ1) is 15.4. The third-order valence-electron chi connectivity index (χ3n) is 3.23. The maximum atomic E-state index is 6.23. The fourth-order valence-corrected chi connectivity index (χ4v) is 2.19. The van der Waals surface area contributed by atoms with Crippen LogP contribution in [0.1, 0.15) is 30.9 Å². The second kappa shape index (κ2) is 7.74. The molecule has 3 nitrogen and oxygen atoms in total. The summed E-state index contributed by atoms with van der Waals surface area (Å²) in [5.74, 6) is 5.59. The van der Waals surface area contributed by atoms with Gasteiger partial charge in [-0.2, -0.15) is 0 Å². The van der Waals surface area contributed by atoms with E-state index in [2.05, 4.69) is 24.5 Å². The molecule has 1 aromatic rings. The first-order chi connectivity index (χ1) is 8.56. The van der Waals surface area contributed by atoms with Crippen LogP contribution >= 0.6 is 11.6 Å². The van der Waals surface area contributed by atoms with E-state index >= 15 is 0 Å². The van der Waals surface area contributed by atoms with Gasteiger partial charge in [-0.1, -0.05) is 23.7 Å². The lowest BCUT2D eigenvalue weighted by molar-refractivity contribution is 0.106. The zero-order valence-electron chi connectivity index (χ0n) is 11.4. The van der Waals surface area contributed by atoms with Crippen LogP contribution < -0.4 is 11.3 Å². The summed E-state index contributed by atoms with van der Waals surface area (Å²) in [5.41, 5.74) is 5.17. The number of benzene rings is 1. The van der Waals surface area contributed by atoms with Crippen molar-refractivity contribution in [2.45, 2.75) is 45.3 Å². The van der Waals surface area contributed by atoms with Crippen molar-refractivity contribution in [1.29, 1.82) is 0 Å². The summed E-state index contributed by atoms with van der Waals surface area (Å²) in [5, 5.41) is 0.815. The van der Waals surface area contributed by atoms with Crippen molar-refractivity contribution >= 4 is 11.6 Å². The van der Waals surface area contributed by atoms with Gasteiger partial charge in [0.1, 0.15) is 0 Å². The van der Waals surface area contributed by atoms with Crippen LogP contribution in [-0.2, 0) is 11.2 Å². The molecule has 0 aliphatic carbocycles. The molecule has 0 amide bonds. The Morgan fingerprint density at radius 1 is 1.39 bits per heavy atom. The zero-order valence-corrected chi connectivity index (χ0v) is 12.1. The first-order valence-electron chi connectivity index (χ1n) is 6.30. The van der Waals surface area contributed by atoms with Crippen LogP contribution in [0.4, 0.5) is 0 Å². The van der Waals surface area contributed by atoms with E-state index in [1.807, 2.05) is 13.0 Å². The van der Waals surface area contributed by atoms with Crippen molar-refractivity contribution in [2.75, 3.05) is 7.11 Å². The van der Waals surface area contributed by atoms with Crippen molar-refractivity contribution in [3.8, 4) is 0 Å². The van der Waals surface area contributed by atoms with Gasteiger partial charge in [0, 0.05) is 18.2 Å². The molecule has 1 aromatic carbocycles. The van der Waals surface area contributed by atoms with E-state index in [0.29, 0.717) is 0 Å². The predicted molar refractivity (Wildman–Crippen MR) is 76.7 cm³/mol. The van der Waals surface area contributed by atoms with Gasteiger partial charge in [0.05, 0.1) is 6.10 Å². The number of nitrogens with two attached hydrogens (primary N) is 1. The Morgan fingerprint density at radius 2 is 2.11 bits per heavy atom. The highest BCUT2D eigenvalue weighted by Crippen LogP contribution is 2.20. The van der Waals surface area contributed by atoms with E-state index in [-0.39, 0.29) is 12.1 Å². The normalized spacial score (nSPS) is 14.5. The Balaban J connectivity index is 2.56. The largest absolute Gasteiger partial charge is 0.382 e. The number of hydrogen-bond donors (Lipinski definition) is 2. The molecule has 2 unspecified atom stereocenters. The molecule has 0 fully saturated rings. The van der Waals surface area contributed by atoms with E-state index in [1.165, 1.54) is 5.56 Å². The highest BCUT2D eigenvalue weighted by atomic mass is 35.5. The van der Waals surface area contributed by atoms with E-state index in [4.69, 9.17) is 22.2 Å². The number of methoxy groups -OCH3 is 1. The molecule has 0 saturated carbocycles. The van der Waals surface area contributed by atoms with Gasteiger partial charge in [0.25, 0.3) is 0 Å². The molecule has 0 bridgehead atoms. The molecular weight excluding hydrogens is 248 g/mol. The summed E-state index contributed by atoms with van der Waals surface area (Å²) in [6.07, 6.45) is 3.05. The molecule has 102 valence electrons. The summed E-state index contributed by atoms with van der Waals surface area (Å²) < 4.78 is 5.24. The lowest BCUT2D eigenvalue weighted by atomic mass is 10.00. The minimum Gasteiger partial charge on any atom is -0.382 e. The van der Waals surface area contributed by atoms with Crippen LogP contribution in [0, 0.1) is 6.92 Å². The van der Waals surface area contributed by atoms with Gasteiger partial charge in [-0.05, 0) is 50.3 Å². The number of ether oxygens (including phenoxy) is 1. The predicted octanol–water partition coefficient (Wildman–Crippen LogP) is 2.84. The second-order valence-corrected chi connectivity index (χ2v) is 5.19. The van der Waals surface area contributed by atoms with Gasteiger partial charge in [-0.3, -0.25) is 11.3 Å². The molecule has 0 radical (unpaired) electrons. The summed E-state index contributed by atoms with van der Waals surface area (Å²) in [4.78, 5) is 0. The van der Waals surface area contributed by atoms with Crippen LogP contribution in [0.15, 0.2) is 18.2 Å². The number of rotatable bonds is 7. The number of hydrogen-bond acceptors (Lipinski definition) is 3. The van der Waals surface area contributed by atoms with Crippen molar-refractivity contribution in [2.24, 2.45) is 5.84 Å². The van der Waals surface area contributed by atoms with Crippen LogP contribution in [0.3, 0.4) is 0 Å². The molecule has 0 aromatic heterocycles. The van der Waals surface area contributed by atoms with E-state index in [0.717, 1.165) is 29.8 Å². The summed E-state index contributed by atoms with van der Waals surface area (Å²) in [6.45, 7) is 4.10. The minimum atomic E-state index is 0.225. The highest BCUT2D eigenvalue weighted by molar-refractivity contribution is 6.31. The number of hydrazine groups is 1. The smallest absolute Gasteiger partial charge is 0.0543 e. The third kappa shape index (κ3) is 4.94. The summed E-state index contributed by atoms with van der Waals surface area (Å²) in [7, 11) is 1.73. The molecule has 0 aliphatic heterocycles. The van der Waals surface area contributed by atoms with Crippen molar-refractivity contribution < 1.29 is 4.74 Å². The van der Waals surface area contributed by atoms with Gasteiger partial charge < -0.3 is 4.74 Å². The van der Waals surface area contributed by atoms with Gasteiger partial charge >= 0.3 is 0 Å². The molecule has 1 rings (SSSR count). The molecule has 3 N–H and O–H groups in total.